The number of rotatable bonds is 3. The van der Waals surface area contributed by atoms with Crippen molar-refractivity contribution in [1.29, 1.82) is 0 Å². The van der Waals surface area contributed by atoms with E-state index in [0.717, 1.165) is 16.8 Å². The second kappa shape index (κ2) is 10.8. The third-order valence-electron chi connectivity index (χ3n) is 3.26. The van der Waals surface area contributed by atoms with Crippen LogP contribution in [0.3, 0.4) is 0 Å². The van der Waals surface area contributed by atoms with E-state index >= 15 is 0 Å². The Morgan fingerprint density at radius 1 is 0.760 bits per heavy atom. The van der Waals surface area contributed by atoms with Crippen LogP contribution in [0.1, 0.15) is 5.56 Å². The standard InChI is InChI=1S/C19H15NO.3ClH.Zr/c21-19-16(14-20-17-11-5-2-6-12-17)10-7-13-18(19)15-8-3-1-4-9-15;;;;/h1-14,21H;3*1H;/q;;;;+3/p-3. The van der Waals surface area contributed by atoms with Gasteiger partial charge in [-0.2, -0.15) is 0 Å². The van der Waals surface area contributed by atoms with Gasteiger partial charge in [-0.3, -0.25) is 4.99 Å². The van der Waals surface area contributed by atoms with Crippen LogP contribution in [0.4, 0.5) is 5.69 Å². The summed E-state index contributed by atoms with van der Waals surface area (Å²) in [5.74, 6) is 0.253. The average molecular weight is 471 g/mol. The van der Waals surface area contributed by atoms with Crippen LogP contribution in [-0.4, -0.2) is 11.3 Å². The number of phenolic OH excluding ortho intramolecular Hbond substituents is 1. The molecule has 0 aliphatic heterocycles. The molecule has 0 aliphatic carbocycles. The Bertz CT molecular complexity index is 809. The number of aliphatic imine (C=N–C) groups is 1. The zero-order valence-corrected chi connectivity index (χ0v) is 17.8. The molecule has 0 aliphatic rings. The van der Waals surface area contributed by atoms with Gasteiger partial charge in [0.15, 0.2) is 0 Å². The number of halogens is 3. The first kappa shape index (κ1) is 20.2. The third-order valence-corrected chi connectivity index (χ3v) is 3.26. The van der Waals surface area contributed by atoms with Gasteiger partial charge in [-0.1, -0.05) is 60.7 Å². The molecular weight excluding hydrogens is 456 g/mol. The fourth-order valence-electron chi connectivity index (χ4n) is 2.17. The molecule has 0 amide bonds. The molecular formula is C19H15Cl3NOZr. The Morgan fingerprint density at radius 3 is 1.92 bits per heavy atom. The number of nitrogens with zero attached hydrogens (tertiary/aromatic N) is 1. The summed E-state index contributed by atoms with van der Waals surface area (Å²) in [6.45, 7) is 0. The van der Waals surface area contributed by atoms with Crippen LogP contribution in [0.15, 0.2) is 83.9 Å². The van der Waals surface area contributed by atoms with Gasteiger partial charge in [0.05, 0.1) is 5.69 Å². The van der Waals surface area contributed by atoms with E-state index in [1.807, 2.05) is 78.9 Å². The number of aromatic hydroxyl groups is 1. The molecule has 0 saturated carbocycles. The summed E-state index contributed by atoms with van der Waals surface area (Å²) < 4.78 is 0. The van der Waals surface area contributed by atoms with Crippen molar-refractivity contribution >= 4 is 37.4 Å². The van der Waals surface area contributed by atoms with Crippen molar-refractivity contribution in [1.82, 2.24) is 0 Å². The number of para-hydroxylation sites is 2. The maximum absolute atomic E-state index is 10.4. The second-order valence-corrected chi connectivity index (χ2v) is 16.1. The van der Waals surface area contributed by atoms with Gasteiger partial charge in [-0.15, -0.1) is 0 Å². The topological polar surface area (TPSA) is 32.6 Å². The van der Waals surface area contributed by atoms with Gasteiger partial charge in [-0.25, -0.2) is 0 Å². The van der Waals surface area contributed by atoms with E-state index in [0.29, 0.717) is 5.56 Å². The molecule has 0 unspecified atom stereocenters. The molecule has 0 radical (unpaired) electrons. The van der Waals surface area contributed by atoms with Gasteiger partial charge in [0.25, 0.3) is 0 Å². The molecule has 0 bridgehead atoms. The summed E-state index contributed by atoms with van der Waals surface area (Å²) in [7, 11) is 15.0. The van der Waals surface area contributed by atoms with Crippen LogP contribution in [0, 0.1) is 0 Å². The van der Waals surface area contributed by atoms with Gasteiger partial charge >= 0.3 is 43.7 Å². The van der Waals surface area contributed by atoms with Gasteiger partial charge < -0.3 is 5.11 Å². The van der Waals surface area contributed by atoms with Crippen molar-refractivity contribution in [2.75, 3.05) is 0 Å². The van der Waals surface area contributed by atoms with Crippen LogP contribution in [0.25, 0.3) is 11.1 Å². The Labute approximate surface area is 166 Å². The molecule has 6 heteroatoms. The molecule has 25 heavy (non-hydrogen) atoms. The van der Waals surface area contributed by atoms with Crippen LogP contribution in [0.5, 0.6) is 5.75 Å². The summed E-state index contributed by atoms with van der Waals surface area (Å²) in [6.07, 6.45) is 1.69. The molecule has 0 aromatic heterocycles. The predicted octanol–water partition coefficient (Wildman–Crippen LogP) is 6.88. The van der Waals surface area contributed by atoms with Crippen molar-refractivity contribution in [2.45, 2.75) is 0 Å². The molecule has 0 saturated heterocycles. The molecule has 1 N–H and O–H groups in total. The normalized spacial score (nSPS) is 10.2. The summed E-state index contributed by atoms with van der Waals surface area (Å²) in [6, 6.07) is 25.2. The second-order valence-electron chi connectivity index (χ2n) is 4.92. The van der Waals surface area contributed by atoms with Crippen molar-refractivity contribution in [3.05, 3.63) is 84.4 Å². The first-order valence-electron chi connectivity index (χ1n) is 7.38. The van der Waals surface area contributed by atoms with Crippen molar-refractivity contribution < 1.29 is 23.3 Å². The molecule has 0 atom stereocenters. The number of hydrogen-bond acceptors (Lipinski definition) is 2. The zero-order chi connectivity index (χ0) is 18.1. The molecule has 0 spiro atoms. The minimum atomic E-state index is -2.13. The van der Waals surface area contributed by atoms with Gasteiger partial charge in [0, 0.05) is 17.3 Å². The quantitative estimate of drug-likeness (QED) is 0.416. The van der Waals surface area contributed by atoms with Gasteiger partial charge in [0.1, 0.15) is 5.75 Å². The fraction of sp³-hybridized carbons (Fsp3) is 0. The Kier molecular flexibility index (Phi) is 8.71. The van der Waals surface area contributed by atoms with Crippen LogP contribution >= 0.6 is 25.5 Å². The van der Waals surface area contributed by atoms with E-state index in [4.69, 9.17) is 25.5 Å². The maximum atomic E-state index is 10.4. The fourth-order valence-corrected chi connectivity index (χ4v) is 2.17. The first-order chi connectivity index (χ1) is 12.1. The van der Waals surface area contributed by atoms with Gasteiger partial charge in [-0.05, 0) is 23.8 Å². The van der Waals surface area contributed by atoms with E-state index in [9.17, 15) is 5.11 Å². The Morgan fingerprint density at radius 2 is 1.32 bits per heavy atom. The monoisotopic (exact) mass is 468 g/mol. The van der Waals surface area contributed by atoms with E-state index < -0.39 is 18.2 Å². The number of benzene rings is 3. The molecule has 2 nitrogen and oxygen atoms in total. The molecule has 0 fully saturated rings. The minimum absolute atomic E-state index is 0.253. The number of hydrogen-bond donors (Lipinski definition) is 1. The third kappa shape index (κ3) is 6.95. The van der Waals surface area contributed by atoms with E-state index in [2.05, 4.69) is 4.99 Å². The predicted molar refractivity (Wildman–Crippen MR) is 105 cm³/mol. The Hall–Kier alpha value is -1.12. The summed E-state index contributed by atoms with van der Waals surface area (Å²) in [5, 5.41) is 10.4. The van der Waals surface area contributed by atoms with Crippen LogP contribution < -0.4 is 0 Å². The summed E-state index contributed by atoms with van der Waals surface area (Å²) >= 11 is -2.13. The average Bonchev–Trinajstić information content (AvgIpc) is 2.62. The van der Waals surface area contributed by atoms with Crippen LogP contribution in [-0.2, 0) is 18.2 Å². The molecule has 0 heterocycles. The molecule has 3 rings (SSSR count). The number of phenols is 1. The molecule has 3 aromatic carbocycles. The zero-order valence-electron chi connectivity index (χ0n) is 13.1. The van der Waals surface area contributed by atoms with E-state index in [-0.39, 0.29) is 5.75 Å². The molecule has 3 aromatic rings. The van der Waals surface area contributed by atoms with Crippen molar-refractivity contribution in [2.24, 2.45) is 4.99 Å². The van der Waals surface area contributed by atoms with Crippen molar-refractivity contribution in [3.63, 3.8) is 0 Å². The van der Waals surface area contributed by atoms with Crippen molar-refractivity contribution in [3.8, 4) is 16.9 Å². The van der Waals surface area contributed by atoms with E-state index in [1.54, 1.807) is 6.21 Å². The van der Waals surface area contributed by atoms with Gasteiger partial charge in [0.2, 0.25) is 0 Å². The first-order valence-corrected chi connectivity index (χ1v) is 16.9. The molecule has 127 valence electrons. The Balaban J connectivity index is 0.000000511. The van der Waals surface area contributed by atoms with Crippen LogP contribution in [0.2, 0.25) is 0 Å². The SMILES string of the molecule is Oc1c(C=Nc2ccccc2)cccc1-c1ccccc1.[Cl][Zr]([Cl])[Cl]. The summed E-state index contributed by atoms with van der Waals surface area (Å²) in [4.78, 5) is 4.39. The van der Waals surface area contributed by atoms with E-state index in [1.165, 1.54) is 0 Å². The summed E-state index contributed by atoms with van der Waals surface area (Å²) in [5.41, 5.74) is 3.37.